The van der Waals surface area contributed by atoms with Gasteiger partial charge in [-0.1, -0.05) is 24.1 Å². The van der Waals surface area contributed by atoms with Crippen LogP contribution in [0.4, 0.5) is 5.69 Å². The molecule has 1 heterocycles. The number of rotatable bonds is 7. The molecule has 154 valence electrons. The number of aliphatic imine (C=N–C) groups is 1. The third kappa shape index (κ3) is 5.65. The molecule has 0 fully saturated rings. The fraction of sp³-hybridized carbons (Fsp3) is 0.250. The number of nitrogens with zero attached hydrogens (tertiary/aromatic N) is 1. The molecule has 6 nitrogen and oxygen atoms in total. The molecule has 0 unspecified atom stereocenters. The highest BCUT2D eigenvalue weighted by Gasteiger charge is 2.06. The molecule has 1 amide bonds. The molecule has 30 heavy (non-hydrogen) atoms. The normalized spacial score (nSPS) is 11.2. The smallest absolute Gasteiger partial charge is 0.246 e. The molecule has 0 aliphatic rings. The van der Waals surface area contributed by atoms with Gasteiger partial charge in [0.05, 0.1) is 0 Å². The van der Waals surface area contributed by atoms with Crippen LogP contribution in [0.5, 0.6) is 0 Å². The van der Waals surface area contributed by atoms with Crippen molar-refractivity contribution < 1.29 is 4.79 Å². The van der Waals surface area contributed by atoms with Gasteiger partial charge in [0.1, 0.15) is 6.54 Å². The Morgan fingerprint density at radius 1 is 1.20 bits per heavy atom. The third-order valence-electron chi connectivity index (χ3n) is 4.65. The number of aryl methyl sites for hydroxylation is 1. The first kappa shape index (κ1) is 21.0. The van der Waals surface area contributed by atoms with E-state index in [1.807, 2.05) is 25.3 Å². The van der Waals surface area contributed by atoms with Gasteiger partial charge in [0.2, 0.25) is 5.91 Å². The lowest BCUT2D eigenvalue weighted by molar-refractivity contribution is -0.114. The number of guanidine groups is 1. The molecule has 0 saturated heterocycles. The summed E-state index contributed by atoms with van der Waals surface area (Å²) in [6.07, 6.45) is 8.29. The lowest BCUT2D eigenvalue weighted by Gasteiger charge is -2.11. The molecule has 4 N–H and O–H groups in total. The number of nitrogens with one attached hydrogen (secondary N) is 4. The molecule has 0 aliphatic heterocycles. The van der Waals surface area contributed by atoms with Crippen molar-refractivity contribution in [2.45, 2.75) is 20.3 Å². The summed E-state index contributed by atoms with van der Waals surface area (Å²) in [7, 11) is 0. The minimum absolute atomic E-state index is 0.0158. The molecule has 2 aromatic carbocycles. The maximum atomic E-state index is 12.2. The van der Waals surface area contributed by atoms with Crippen LogP contribution in [0.2, 0.25) is 0 Å². The number of H-pyrrole nitrogens is 1. The van der Waals surface area contributed by atoms with E-state index in [-0.39, 0.29) is 12.5 Å². The number of aromatic amines is 1. The van der Waals surface area contributed by atoms with Crippen LogP contribution >= 0.6 is 0 Å². The van der Waals surface area contributed by atoms with E-state index in [1.165, 1.54) is 16.5 Å². The Hall–Kier alpha value is -3.72. The van der Waals surface area contributed by atoms with Gasteiger partial charge in [0, 0.05) is 41.4 Å². The Morgan fingerprint density at radius 2 is 2.07 bits per heavy atom. The highest BCUT2D eigenvalue weighted by atomic mass is 16.1. The van der Waals surface area contributed by atoms with Crippen molar-refractivity contribution in [1.82, 2.24) is 15.6 Å². The van der Waals surface area contributed by atoms with Crippen molar-refractivity contribution in [3.63, 3.8) is 0 Å². The Bertz CT molecular complexity index is 1090. The zero-order valence-electron chi connectivity index (χ0n) is 17.4. The quantitative estimate of drug-likeness (QED) is 0.279. The molecule has 0 radical (unpaired) electrons. The maximum absolute atomic E-state index is 12.2. The molecule has 0 bridgehead atoms. The Kier molecular flexibility index (Phi) is 7.12. The first-order valence-electron chi connectivity index (χ1n) is 10.0. The lowest BCUT2D eigenvalue weighted by atomic mass is 10.1. The summed E-state index contributed by atoms with van der Waals surface area (Å²) in [5, 5.41) is 10.5. The van der Waals surface area contributed by atoms with Crippen LogP contribution in [0, 0.1) is 19.3 Å². The van der Waals surface area contributed by atoms with E-state index in [9.17, 15) is 4.79 Å². The van der Waals surface area contributed by atoms with E-state index in [0.29, 0.717) is 24.7 Å². The van der Waals surface area contributed by atoms with E-state index in [0.717, 1.165) is 17.5 Å². The van der Waals surface area contributed by atoms with Crippen molar-refractivity contribution in [2.75, 3.05) is 25.0 Å². The molecule has 0 saturated carbocycles. The van der Waals surface area contributed by atoms with Crippen molar-refractivity contribution in [3.8, 4) is 12.3 Å². The molecular weight excluding hydrogens is 374 g/mol. The molecule has 6 heteroatoms. The van der Waals surface area contributed by atoms with Crippen molar-refractivity contribution in [3.05, 3.63) is 65.4 Å². The largest absolute Gasteiger partial charge is 0.361 e. The Morgan fingerprint density at radius 3 is 2.87 bits per heavy atom. The van der Waals surface area contributed by atoms with E-state index in [4.69, 9.17) is 6.42 Å². The topological polar surface area (TPSA) is 81.3 Å². The van der Waals surface area contributed by atoms with Crippen LogP contribution in [-0.2, 0) is 11.2 Å². The maximum Gasteiger partial charge on any atom is 0.246 e. The van der Waals surface area contributed by atoms with Gasteiger partial charge in [-0.05, 0) is 55.7 Å². The second-order valence-electron chi connectivity index (χ2n) is 7.01. The fourth-order valence-corrected chi connectivity index (χ4v) is 3.20. The molecule has 3 aromatic rings. The SMILES string of the molecule is C#Cc1cccc(NC(=O)CN=C(NCC)NCCc2c[nH]c3cc(C)ccc23)c1. The van der Waals surface area contributed by atoms with E-state index in [1.54, 1.807) is 12.1 Å². The average Bonchev–Trinajstić information content (AvgIpc) is 3.14. The zero-order chi connectivity index (χ0) is 21.3. The number of aromatic nitrogens is 1. The average molecular weight is 402 g/mol. The number of anilines is 1. The van der Waals surface area contributed by atoms with Crippen molar-refractivity contribution in [1.29, 1.82) is 0 Å². The highest BCUT2D eigenvalue weighted by Crippen LogP contribution is 2.19. The van der Waals surface area contributed by atoms with Gasteiger partial charge >= 0.3 is 0 Å². The fourth-order valence-electron chi connectivity index (χ4n) is 3.20. The Balaban J connectivity index is 1.54. The summed E-state index contributed by atoms with van der Waals surface area (Å²) >= 11 is 0. The summed E-state index contributed by atoms with van der Waals surface area (Å²) in [6, 6.07) is 13.6. The van der Waals surface area contributed by atoms with Gasteiger partial charge in [-0.25, -0.2) is 4.99 Å². The van der Waals surface area contributed by atoms with Crippen LogP contribution in [0.15, 0.2) is 53.7 Å². The number of amides is 1. The van der Waals surface area contributed by atoms with Gasteiger partial charge in [-0.15, -0.1) is 6.42 Å². The van der Waals surface area contributed by atoms with Crippen molar-refractivity contribution >= 4 is 28.5 Å². The summed E-state index contributed by atoms with van der Waals surface area (Å²) in [4.78, 5) is 19.9. The van der Waals surface area contributed by atoms with Crippen LogP contribution in [0.3, 0.4) is 0 Å². The van der Waals surface area contributed by atoms with Gasteiger partial charge < -0.3 is 20.9 Å². The molecular formula is C24H27N5O. The summed E-state index contributed by atoms with van der Waals surface area (Å²) < 4.78 is 0. The molecule has 0 aliphatic carbocycles. The second kappa shape index (κ2) is 10.2. The third-order valence-corrected chi connectivity index (χ3v) is 4.65. The highest BCUT2D eigenvalue weighted by molar-refractivity contribution is 5.94. The number of hydrogen-bond donors (Lipinski definition) is 4. The van der Waals surface area contributed by atoms with Crippen LogP contribution in [0.25, 0.3) is 10.9 Å². The van der Waals surface area contributed by atoms with Gasteiger partial charge in [0.25, 0.3) is 0 Å². The summed E-state index contributed by atoms with van der Waals surface area (Å²) in [5.74, 6) is 2.97. The second-order valence-corrected chi connectivity index (χ2v) is 7.01. The number of carbonyl (C=O) groups excluding carboxylic acids is 1. The minimum atomic E-state index is -0.201. The summed E-state index contributed by atoms with van der Waals surface area (Å²) in [6.45, 7) is 5.51. The number of carbonyl (C=O) groups is 1. The van der Waals surface area contributed by atoms with Gasteiger partial charge in [-0.2, -0.15) is 0 Å². The monoisotopic (exact) mass is 401 g/mol. The molecule has 1 aromatic heterocycles. The van der Waals surface area contributed by atoms with E-state index in [2.05, 4.69) is 57.0 Å². The predicted molar refractivity (Wildman–Crippen MR) is 124 cm³/mol. The van der Waals surface area contributed by atoms with Crippen LogP contribution in [-0.4, -0.2) is 36.5 Å². The minimum Gasteiger partial charge on any atom is -0.361 e. The van der Waals surface area contributed by atoms with Crippen LogP contribution < -0.4 is 16.0 Å². The zero-order valence-corrected chi connectivity index (χ0v) is 17.4. The van der Waals surface area contributed by atoms with E-state index >= 15 is 0 Å². The predicted octanol–water partition coefficient (Wildman–Crippen LogP) is 3.19. The lowest BCUT2D eigenvalue weighted by Crippen LogP contribution is -2.39. The van der Waals surface area contributed by atoms with Crippen LogP contribution in [0.1, 0.15) is 23.6 Å². The van der Waals surface area contributed by atoms with Crippen molar-refractivity contribution in [2.24, 2.45) is 4.99 Å². The Labute approximate surface area is 177 Å². The first-order chi connectivity index (χ1) is 14.6. The van der Waals surface area contributed by atoms with E-state index < -0.39 is 0 Å². The first-order valence-corrected chi connectivity index (χ1v) is 10.0. The molecule has 0 spiro atoms. The number of fused-ring (bicyclic) bond motifs is 1. The number of terminal acetylenes is 1. The molecule has 0 atom stereocenters. The standard InChI is InChI=1S/C24H27N5O/c1-4-18-7-6-8-20(14-18)29-23(30)16-28-24(25-5-2)26-12-11-19-15-27-22-13-17(3)9-10-21(19)22/h1,6-10,13-15,27H,5,11-12,16H2,2-3H3,(H,29,30)(H2,25,26,28). The number of hydrogen-bond acceptors (Lipinski definition) is 2. The summed E-state index contributed by atoms with van der Waals surface area (Å²) in [5.41, 5.74) is 5.02. The number of benzene rings is 2. The van der Waals surface area contributed by atoms with Gasteiger partial charge in [0.15, 0.2) is 5.96 Å². The van der Waals surface area contributed by atoms with Gasteiger partial charge in [-0.3, -0.25) is 4.79 Å². The molecule has 3 rings (SSSR count).